The van der Waals surface area contributed by atoms with Crippen LogP contribution in [0.15, 0.2) is 24.3 Å². The summed E-state index contributed by atoms with van der Waals surface area (Å²) in [6, 6.07) is 5.93. The zero-order valence-corrected chi connectivity index (χ0v) is 19.4. The van der Waals surface area contributed by atoms with Gasteiger partial charge in [0.2, 0.25) is 10.0 Å². The van der Waals surface area contributed by atoms with Crippen LogP contribution in [0.1, 0.15) is 57.9 Å². The van der Waals surface area contributed by atoms with Gasteiger partial charge in [0, 0.05) is 0 Å². The number of carboxylic acids is 1. The zero-order valence-electron chi connectivity index (χ0n) is 18.6. The van der Waals surface area contributed by atoms with Crippen molar-refractivity contribution in [1.82, 2.24) is 4.72 Å². The van der Waals surface area contributed by atoms with Gasteiger partial charge in [0.05, 0.1) is 12.4 Å². The molecule has 2 aliphatic carbocycles. The maximum absolute atomic E-state index is 13.0. The highest BCUT2D eigenvalue weighted by Crippen LogP contribution is 2.66. The van der Waals surface area contributed by atoms with E-state index in [9.17, 15) is 18.3 Å². The van der Waals surface area contributed by atoms with Gasteiger partial charge in [-0.25, -0.2) is 13.1 Å². The van der Waals surface area contributed by atoms with E-state index in [0.717, 1.165) is 44.1 Å². The average molecular weight is 453 g/mol. The smallest absolute Gasteiger partial charge is 0.322 e. The van der Waals surface area contributed by atoms with Crippen molar-refractivity contribution >= 4 is 16.0 Å². The normalized spacial score (nSPS) is 25.5. The number of unbranched alkanes of at least 4 members (excludes halogenated alkanes) is 1. The number of fused-ring (bicyclic) bond motifs is 2. The van der Waals surface area contributed by atoms with Crippen molar-refractivity contribution in [1.29, 1.82) is 0 Å². The standard InChI is InChI=1S/C23H36N2O5S/c1-22(2)18-9-11-23(22,12-10-18)16-31(28,29)25-20(21(26)27)15-17-5-7-19(8-6-17)30-14-4-3-13-24/h5-8,18,20,25H,3-4,9-16,24H2,1-2H3,(H,26,27)/t18?,20-,23?/m0/s1. The van der Waals surface area contributed by atoms with Crippen LogP contribution < -0.4 is 15.2 Å². The summed E-state index contributed by atoms with van der Waals surface area (Å²) in [6.07, 6.45) is 5.78. The number of aliphatic carboxylic acids is 1. The summed E-state index contributed by atoms with van der Waals surface area (Å²) in [5.74, 6) is 0.0989. The second-order valence-electron chi connectivity index (χ2n) is 9.74. The van der Waals surface area contributed by atoms with Crippen LogP contribution in [0.3, 0.4) is 0 Å². The zero-order chi connectivity index (χ0) is 22.7. The second kappa shape index (κ2) is 9.46. The molecule has 8 heteroatoms. The van der Waals surface area contributed by atoms with E-state index < -0.39 is 22.0 Å². The Morgan fingerprint density at radius 3 is 2.39 bits per heavy atom. The summed E-state index contributed by atoms with van der Waals surface area (Å²) in [5.41, 5.74) is 5.92. The molecule has 2 fully saturated rings. The van der Waals surface area contributed by atoms with Crippen LogP contribution in [0.5, 0.6) is 5.75 Å². The van der Waals surface area contributed by atoms with Crippen molar-refractivity contribution in [3.05, 3.63) is 29.8 Å². The van der Waals surface area contributed by atoms with Crippen LogP contribution in [0.25, 0.3) is 0 Å². The van der Waals surface area contributed by atoms with Gasteiger partial charge < -0.3 is 15.6 Å². The summed E-state index contributed by atoms with van der Waals surface area (Å²) in [7, 11) is -3.74. The molecule has 0 heterocycles. The predicted molar refractivity (Wildman–Crippen MR) is 120 cm³/mol. The fraction of sp³-hybridized carbons (Fsp3) is 0.696. The van der Waals surface area contributed by atoms with Crippen LogP contribution in [-0.4, -0.2) is 44.4 Å². The first-order chi connectivity index (χ1) is 14.6. The first-order valence-corrected chi connectivity index (χ1v) is 12.9. The first-order valence-electron chi connectivity index (χ1n) is 11.2. The molecule has 2 aliphatic rings. The third kappa shape index (κ3) is 5.41. The van der Waals surface area contributed by atoms with Crippen molar-refractivity contribution < 1.29 is 23.1 Å². The van der Waals surface area contributed by atoms with E-state index in [-0.39, 0.29) is 23.0 Å². The van der Waals surface area contributed by atoms with E-state index >= 15 is 0 Å². The molecule has 31 heavy (non-hydrogen) atoms. The number of sulfonamides is 1. The summed E-state index contributed by atoms with van der Waals surface area (Å²) in [4.78, 5) is 11.8. The number of hydrogen-bond acceptors (Lipinski definition) is 5. The number of carbonyl (C=O) groups is 1. The highest BCUT2D eigenvalue weighted by molar-refractivity contribution is 7.89. The average Bonchev–Trinajstić information content (AvgIpc) is 3.08. The van der Waals surface area contributed by atoms with Gasteiger partial charge >= 0.3 is 5.97 Å². The number of rotatable bonds is 12. The Morgan fingerprint density at radius 2 is 1.87 bits per heavy atom. The van der Waals surface area contributed by atoms with E-state index in [0.29, 0.717) is 24.8 Å². The number of nitrogens with one attached hydrogen (secondary N) is 1. The van der Waals surface area contributed by atoms with Gasteiger partial charge in [-0.3, -0.25) is 4.79 Å². The number of benzene rings is 1. The Bertz CT molecular complexity index is 858. The predicted octanol–water partition coefficient (Wildman–Crippen LogP) is 2.94. The van der Waals surface area contributed by atoms with E-state index in [1.54, 1.807) is 24.3 Å². The number of ether oxygens (including phenoxy) is 1. The summed E-state index contributed by atoms with van der Waals surface area (Å²) >= 11 is 0. The van der Waals surface area contributed by atoms with Crippen LogP contribution >= 0.6 is 0 Å². The maximum atomic E-state index is 13.0. The molecule has 2 saturated carbocycles. The monoisotopic (exact) mass is 452 g/mol. The Labute approximate surface area is 185 Å². The lowest BCUT2D eigenvalue weighted by molar-refractivity contribution is -0.138. The Hall–Kier alpha value is -1.64. The van der Waals surface area contributed by atoms with Crippen molar-refractivity contribution in [2.45, 2.75) is 64.8 Å². The van der Waals surface area contributed by atoms with Crippen molar-refractivity contribution in [2.24, 2.45) is 22.5 Å². The quantitative estimate of drug-likeness (QED) is 0.420. The van der Waals surface area contributed by atoms with E-state index in [4.69, 9.17) is 10.5 Å². The van der Waals surface area contributed by atoms with Gasteiger partial charge in [-0.1, -0.05) is 26.0 Å². The molecule has 1 aromatic rings. The Balaban J connectivity index is 1.61. The lowest BCUT2D eigenvalue weighted by Crippen LogP contribution is -2.47. The van der Waals surface area contributed by atoms with Gasteiger partial charge in [-0.15, -0.1) is 0 Å². The molecule has 0 spiro atoms. The van der Waals surface area contributed by atoms with Crippen LogP contribution in [-0.2, 0) is 21.2 Å². The number of hydrogen-bond donors (Lipinski definition) is 3. The molecule has 2 bridgehead atoms. The van der Waals surface area contributed by atoms with E-state index in [1.807, 2.05) is 0 Å². The van der Waals surface area contributed by atoms with Crippen LogP contribution in [0, 0.1) is 16.7 Å². The maximum Gasteiger partial charge on any atom is 0.322 e. The molecule has 0 radical (unpaired) electrons. The third-order valence-corrected chi connectivity index (χ3v) is 9.22. The lowest BCUT2D eigenvalue weighted by Gasteiger charge is -2.38. The van der Waals surface area contributed by atoms with Gasteiger partial charge in [-0.2, -0.15) is 0 Å². The highest BCUT2D eigenvalue weighted by Gasteiger charge is 2.60. The molecule has 0 aliphatic heterocycles. The minimum absolute atomic E-state index is 0.00284. The van der Waals surface area contributed by atoms with Crippen molar-refractivity contribution in [3.63, 3.8) is 0 Å². The molecular formula is C23H36N2O5S. The van der Waals surface area contributed by atoms with Gasteiger partial charge in [0.15, 0.2) is 0 Å². The molecule has 0 unspecified atom stereocenters. The summed E-state index contributed by atoms with van der Waals surface area (Å²) in [6.45, 7) is 5.55. The summed E-state index contributed by atoms with van der Waals surface area (Å²) in [5, 5.41) is 9.65. The SMILES string of the molecule is CC1(C)C2CCC1(CS(=O)(=O)N[C@@H](Cc1ccc(OCCCCN)cc1)C(=O)O)CC2. The third-order valence-electron chi connectivity index (χ3n) is 7.65. The molecule has 1 atom stereocenters. The molecule has 0 aromatic heterocycles. The summed E-state index contributed by atoms with van der Waals surface area (Å²) < 4.78 is 34.1. The highest BCUT2D eigenvalue weighted by atomic mass is 32.2. The molecule has 174 valence electrons. The molecule has 1 aromatic carbocycles. The molecule has 4 N–H and O–H groups in total. The van der Waals surface area contributed by atoms with Gasteiger partial charge in [0.25, 0.3) is 0 Å². The fourth-order valence-electron chi connectivity index (χ4n) is 5.50. The second-order valence-corrected chi connectivity index (χ2v) is 11.5. The number of carboxylic acid groups (broad SMARTS) is 1. The Morgan fingerprint density at radius 1 is 1.23 bits per heavy atom. The first kappa shape index (κ1) is 24.0. The van der Waals surface area contributed by atoms with Gasteiger partial charge in [-0.05, 0) is 85.9 Å². The van der Waals surface area contributed by atoms with Crippen molar-refractivity contribution in [2.75, 3.05) is 18.9 Å². The van der Waals surface area contributed by atoms with Crippen LogP contribution in [0.2, 0.25) is 0 Å². The molecule has 7 nitrogen and oxygen atoms in total. The minimum Gasteiger partial charge on any atom is -0.494 e. The van der Waals surface area contributed by atoms with Crippen molar-refractivity contribution in [3.8, 4) is 5.75 Å². The Kier molecular flexibility index (Phi) is 7.33. The van der Waals surface area contributed by atoms with E-state index in [1.165, 1.54) is 0 Å². The molecule has 0 saturated heterocycles. The number of nitrogens with two attached hydrogens (primary N) is 1. The molecule has 3 rings (SSSR count). The topological polar surface area (TPSA) is 119 Å². The van der Waals surface area contributed by atoms with Crippen LogP contribution in [0.4, 0.5) is 0 Å². The fourth-order valence-corrected chi connectivity index (χ4v) is 7.58. The molecule has 0 amide bonds. The minimum atomic E-state index is -3.74. The van der Waals surface area contributed by atoms with E-state index in [2.05, 4.69) is 18.6 Å². The lowest BCUT2D eigenvalue weighted by atomic mass is 9.71. The van der Waals surface area contributed by atoms with Gasteiger partial charge in [0.1, 0.15) is 11.8 Å². The molecular weight excluding hydrogens is 416 g/mol. The largest absolute Gasteiger partial charge is 0.494 e.